The Labute approximate surface area is 105 Å². The summed E-state index contributed by atoms with van der Waals surface area (Å²) in [6.45, 7) is 10.8. The second-order valence-corrected chi connectivity index (χ2v) is 4.76. The second kappa shape index (κ2) is 8.48. The number of hydrogen-bond acceptors (Lipinski definition) is 3. The molecule has 1 aliphatic heterocycles. The first-order valence-electron chi connectivity index (χ1n) is 6.98. The van der Waals surface area contributed by atoms with Gasteiger partial charge in [0.15, 0.2) is 0 Å². The van der Waals surface area contributed by atoms with Gasteiger partial charge in [0.2, 0.25) is 5.91 Å². The maximum absolute atomic E-state index is 12.2. The Morgan fingerprint density at radius 1 is 1.18 bits per heavy atom. The summed E-state index contributed by atoms with van der Waals surface area (Å²) in [6.07, 6.45) is 3.25. The summed E-state index contributed by atoms with van der Waals surface area (Å²) in [5.41, 5.74) is 0. The van der Waals surface area contributed by atoms with Gasteiger partial charge in [-0.2, -0.15) is 0 Å². The number of rotatable bonds is 6. The van der Waals surface area contributed by atoms with E-state index >= 15 is 0 Å². The van der Waals surface area contributed by atoms with E-state index in [1.807, 2.05) is 4.90 Å². The molecule has 17 heavy (non-hydrogen) atoms. The fourth-order valence-electron chi connectivity index (χ4n) is 2.25. The third-order valence-electron chi connectivity index (χ3n) is 3.13. The van der Waals surface area contributed by atoms with Crippen LogP contribution in [0.4, 0.5) is 0 Å². The van der Waals surface area contributed by atoms with Crippen LogP contribution in [-0.4, -0.2) is 61.5 Å². The molecule has 100 valence electrons. The van der Waals surface area contributed by atoms with Gasteiger partial charge in [0.25, 0.3) is 0 Å². The summed E-state index contributed by atoms with van der Waals surface area (Å²) in [5.74, 6) is 0.301. The van der Waals surface area contributed by atoms with E-state index in [1.165, 1.54) is 0 Å². The Kier molecular flexibility index (Phi) is 7.21. The first kappa shape index (κ1) is 14.5. The Balaban J connectivity index is 2.38. The van der Waals surface area contributed by atoms with Crippen LogP contribution < -0.4 is 5.32 Å². The van der Waals surface area contributed by atoms with Crippen LogP contribution in [0.5, 0.6) is 0 Å². The van der Waals surface area contributed by atoms with Crippen molar-refractivity contribution in [1.82, 2.24) is 15.1 Å². The van der Waals surface area contributed by atoms with Gasteiger partial charge < -0.3 is 10.2 Å². The van der Waals surface area contributed by atoms with E-state index in [0.29, 0.717) is 12.5 Å². The van der Waals surface area contributed by atoms with Gasteiger partial charge in [-0.3, -0.25) is 9.69 Å². The maximum Gasteiger partial charge on any atom is 0.236 e. The van der Waals surface area contributed by atoms with Crippen molar-refractivity contribution in [2.45, 2.75) is 33.1 Å². The lowest BCUT2D eigenvalue weighted by molar-refractivity contribution is -0.132. The van der Waals surface area contributed by atoms with Crippen LogP contribution in [0.1, 0.15) is 33.1 Å². The van der Waals surface area contributed by atoms with Crippen molar-refractivity contribution in [1.29, 1.82) is 0 Å². The number of carbonyl (C=O) groups excluding carboxylic acids is 1. The topological polar surface area (TPSA) is 35.6 Å². The van der Waals surface area contributed by atoms with Gasteiger partial charge >= 0.3 is 0 Å². The van der Waals surface area contributed by atoms with Crippen molar-refractivity contribution < 1.29 is 4.79 Å². The van der Waals surface area contributed by atoms with Crippen molar-refractivity contribution in [3.8, 4) is 0 Å². The zero-order valence-electron chi connectivity index (χ0n) is 11.4. The van der Waals surface area contributed by atoms with E-state index in [1.54, 1.807) is 0 Å². The molecule has 0 radical (unpaired) electrons. The van der Waals surface area contributed by atoms with Crippen LogP contribution in [0.3, 0.4) is 0 Å². The fraction of sp³-hybridized carbons (Fsp3) is 0.923. The van der Waals surface area contributed by atoms with Crippen LogP contribution in [0.2, 0.25) is 0 Å². The molecule has 1 saturated heterocycles. The lowest BCUT2D eigenvalue weighted by atomic mass is 10.3. The quantitative estimate of drug-likeness (QED) is 0.751. The first-order chi connectivity index (χ1) is 8.27. The van der Waals surface area contributed by atoms with Crippen LogP contribution in [0.25, 0.3) is 0 Å². The monoisotopic (exact) mass is 241 g/mol. The predicted molar refractivity (Wildman–Crippen MR) is 71.1 cm³/mol. The predicted octanol–water partition coefficient (Wildman–Crippen LogP) is 0.930. The summed E-state index contributed by atoms with van der Waals surface area (Å²) in [4.78, 5) is 16.5. The molecule has 4 nitrogen and oxygen atoms in total. The number of nitrogens with one attached hydrogen (secondary N) is 1. The SMILES string of the molecule is CCCN(CCC)C(=O)CN1CCCNCC1. The largest absolute Gasteiger partial charge is 0.342 e. The van der Waals surface area contributed by atoms with E-state index in [0.717, 1.165) is 58.5 Å². The van der Waals surface area contributed by atoms with Crippen molar-refractivity contribution in [2.75, 3.05) is 45.8 Å². The normalized spacial score (nSPS) is 17.8. The highest BCUT2D eigenvalue weighted by molar-refractivity contribution is 5.78. The second-order valence-electron chi connectivity index (χ2n) is 4.76. The van der Waals surface area contributed by atoms with Gasteiger partial charge in [-0.05, 0) is 32.4 Å². The molecule has 0 aromatic carbocycles. The summed E-state index contributed by atoms with van der Waals surface area (Å²) < 4.78 is 0. The molecule has 0 aromatic heterocycles. The Hall–Kier alpha value is -0.610. The van der Waals surface area contributed by atoms with Crippen molar-refractivity contribution in [3.05, 3.63) is 0 Å². The average molecular weight is 241 g/mol. The number of amides is 1. The third-order valence-corrected chi connectivity index (χ3v) is 3.13. The van der Waals surface area contributed by atoms with E-state index in [4.69, 9.17) is 0 Å². The molecule has 0 spiro atoms. The molecule has 1 amide bonds. The van der Waals surface area contributed by atoms with Gasteiger partial charge in [-0.25, -0.2) is 0 Å². The molecule has 1 aliphatic rings. The molecule has 0 aromatic rings. The molecule has 0 bridgehead atoms. The van der Waals surface area contributed by atoms with E-state index in [-0.39, 0.29) is 0 Å². The number of nitrogens with zero attached hydrogens (tertiary/aromatic N) is 2. The molecular weight excluding hydrogens is 214 g/mol. The number of carbonyl (C=O) groups is 1. The first-order valence-corrected chi connectivity index (χ1v) is 6.98. The van der Waals surface area contributed by atoms with Crippen molar-refractivity contribution in [3.63, 3.8) is 0 Å². The molecule has 4 heteroatoms. The maximum atomic E-state index is 12.2. The standard InChI is InChI=1S/C13H27N3O/c1-3-8-16(9-4-2)13(17)12-15-10-5-6-14-7-11-15/h14H,3-12H2,1-2H3. The van der Waals surface area contributed by atoms with Crippen LogP contribution in [0.15, 0.2) is 0 Å². The molecule has 1 rings (SSSR count). The Morgan fingerprint density at radius 2 is 1.88 bits per heavy atom. The van der Waals surface area contributed by atoms with Crippen molar-refractivity contribution >= 4 is 5.91 Å². The van der Waals surface area contributed by atoms with Gasteiger partial charge in [0.1, 0.15) is 0 Å². The molecule has 1 heterocycles. The Bertz CT molecular complexity index is 207. The molecular formula is C13H27N3O. The lowest BCUT2D eigenvalue weighted by Gasteiger charge is -2.26. The number of hydrogen-bond donors (Lipinski definition) is 1. The van der Waals surface area contributed by atoms with Gasteiger partial charge in [-0.15, -0.1) is 0 Å². The lowest BCUT2D eigenvalue weighted by Crippen LogP contribution is -2.42. The minimum Gasteiger partial charge on any atom is -0.342 e. The summed E-state index contributed by atoms with van der Waals surface area (Å²) in [7, 11) is 0. The minimum absolute atomic E-state index is 0.301. The van der Waals surface area contributed by atoms with Gasteiger partial charge in [-0.1, -0.05) is 13.8 Å². The summed E-state index contributed by atoms with van der Waals surface area (Å²) in [6, 6.07) is 0. The highest BCUT2D eigenvalue weighted by Gasteiger charge is 2.16. The highest BCUT2D eigenvalue weighted by atomic mass is 16.2. The van der Waals surface area contributed by atoms with Crippen molar-refractivity contribution in [2.24, 2.45) is 0 Å². The smallest absolute Gasteiger partial charge is 0.236 e. The van der Waals surface area contributed by atoms with Gasteiger partial charge in [0.05, 0.1) is 6.54 Å². The molecule has 1 N–H and O–H groups in total. The zero-order valence-corrected chi connectivity index (χ0v) is 11.4. The highest BCUT2D eigenvalue weighted by Crippen LogP contribution is 2.00. The molecule has 0 unspecified atom stereocenters. The van der Waals surface area contributed by atoms with E-state index < -0.39 is 0 Å². The van der Waals surface area contributed by atoms with E-state index in [2.05, 4.69) is 24.1 Å². The Morgan fingerprint density at radius 3 is 2.53 bits per heavy atom. The molecule has 0 aliphatic carbocycles. The van der Waals surface area contributed by atoms with Gasteiger partial charge in [0, 0.05) is 26.2 Å². The fourth-order valence-corrected chi connectivity index (χ4v) is 2.25. The van der Waals surface area contributed by atoms with E-state index in [9.17, 15) is 4.79 Å². The van der Waals surface area contributed by atoms with Crippen LogP contribution in [-0.2, 0) is 4.79 Å². The zero-order chi connectivity index (χ0) is 12.5. The third kappa shape index (κ3) is 5.50. The van der Waals surface area contributed by atoms with Crippen LogP contribution >= 0.6 is 0 Å². The molecule has 0 saturated carbocycles. The minimum atomic E-state index is 0.301. The summed E-state index contributed by atoms with van der Waals surface area (Å²) in [5, 5.41) is 3.36. The van der Waals surface area contributed by atoms with Crippen LogP contribution in [0, 0.1) is 0 Å². The molecule has 0 atom stereocenters. The molecule has 1 fully saturated rings. The average Bonchev–Trinajstić information content (AvgIpc) is 2.57. The summed E-state index contributed by atoms with van der Waals surface area (Å²) >= 11 is 0.